The number of esters is 1. The Morgan fingerprint density at radius 2 is 1.74 bits per heavy atom. The van der Waals surface area contributed by atoms with Gasteiger partial charge in [0.25, 0.3) is 11.8 Å². The molecule has 0 aliphatic carbocycles. The van der Waals surface area contributed by atoms with Gasteiger partial charge in [-0.15, -0.1) is 0 Å². The maximum atomic E-state index is 13.0. The van der Waals surface area contributed by atoms with E-state index in [1.54, 1.807) is 50.2 Å². The van der Waals surface area contributed by atoms with Crippen LogP contribution in [0, 0.1) is 6.92 Å². The van der Waals surface area contributed by atoms with Crippen LogP contribution in [0.3, 0.4) is 0 Å². The molecule has 2 amide bonds. The Balaban J connectivity index is 1.76. The minimum Gasteiger partial charge on any atom is -0.482 e. The van der Waals surface area contributed by atoms with Crippen molar-refractivity contribution in [3.63, 3.8) is 0 Å². The van der Waals surface area contributed by atoms with Crippen molar-refractivity contribution < 1.29 is 23.9 Å². The lowest BCUT2D eigenvalue weighted by Crippen LogP contribution is -2.54. The second kappa shape index (κ2) is 9.53. The van der Waals surface area contributed by atoms with Crippen LogP contribution < -0.4 is 15.0 Å². The number of hydrogen-bond acceptors (Lipinski definition) is 6. The van der Waals surface area contributed by atoms with Crippen molar-refractivity contribution >= 4 is 46.9 Å². The molecule has 8 heteroatoms. The smallest absolute Gasteiger partial charge is 0.344 e. The van der Waals surface area contributed by atoms with Gasteiger partial charge in [-0.25, -0.2) is 4.79 Å². The van der Waals surface area contributed by atoms with Crippen LogP contribution in [0.5, 0.6) is 5.75 Å². The van der Waals surface area contributed by atoms with E-state index in [9.17, 15) is 14.4 Å². The van der Waals surface area contributed by atoms with Crippen molar-refractivity contribution in [2.24, 2.45) is 0 Å². The SMILES string of the molecule is Cc1ccc(N2C(=O)/C(=C/c3ccc(OCC(=O)OC(C)C)cc3)C(=O)NC2=S)cc1. The fraction of sp³-hybridized carbons (Fsp3) is 0.217. The van der Waals surface area contributed by atoms with Gasteiger partial charge >= 0.3 is 5.97 Å². The summed E-state index contributed by atoms with van der Waals surface area (Å²) in [6.07, 6.45) is 1.27. The molecule has 7 nitrogen and oxygen atoms in total. The van der Waals surface area contributed by atoms with Gasteiger partial charge in [-0.05, 0) is 68.9 Å². The third-order valence-corrected chi connectivity index (χ3v) is 4.59. The van der Waals surface area contributed by atoms with Gasteiger partial charge < -0.3 is 9.47 Å². The molecule has 1 aliphatic rings. The molecule has 0 atom stereocenters. The summed E-state index contributed by atoms with van der Waals surface area (Å²) in [4.78, 5) is 38.3. The maximum absolute atomic E-state index is 13.0. The van der Waals surface area contributed by atoms with E-state index in [1.165, 1.54) is 11.0 Å². The molecule has 1 N–H and O–H groups in total. The normalized spacial score (nSPS) is 15.3. The van der Waals surface area contributed by atoms with Crippen LogP contribution in [0.4, 0.5) is 5.69 Å². The summed E-state index contributed by atoms with van der Waals surface area (Å²) in [7, 11) is 0. The third-order valence-electron chi connectivity index (χ3n) is 4.31. The highest BCUT2D eigenvalue weighted by molar-refractivity contribution is 7.80. The molecule has 31 heavy (non-hydrogen) atoms. The van der Waals surface area contributed by atoms with Crippen LogP contribution in [-0.2, 0) is 19.1 Å². The first-order valence-electron chi connectivity index (χ1n) is 9.65. The summed E-state index contributed by atoms with van der Waals surface area (Å²) in [5, 5.41) is 2.59. The molecule has 0 saturated carbocycles. The molecular weight excluding hydrogens is 416 g/mol. The number of carbonyl (C=O) groups is 3. The topological polar surface area (TPSA) is 84.9 Å². The van der Waals surface area contributed by atoms with Crippen molar-refractivity contribution in [3.8, 4) is 5.75 Å². The number of ether oxygens (including phenoxy) is 2. The molecule has 3 rings (SSSR count). The maximum Gasteiger partial charge on any atom is 0.344 e. The number of hydrogen-bond donors (Lipinski definition) is 1. The van der Waals surface area contributed by atoms with Crippen LogP contribution in [0.25, 0.3) is 6.08 Å². The lowest BCUT2D eigenvalue weighted by Gasteiger charge is -2.29. The monoisotopic (exact) mass is 438 g/mol. The number of nitrogens with zero attached hydrogens (tertiary/aromatic N) is 1. The Hall–Kier alpha value is -3.52. The lowest BCUT2D eigenvalue weighted by molar-refractivity contribution is -0.149. The van der Waals surface area contributed by atoms with E-state index >= 15 is 0 Å². The van der Waals surface area contributed by atoms with E-state index in [4.69, 9.17) is 21.7 Å². The van der Waals surface area contributed by atoms with E-state index in [-0.39, 0.29) is 23.4 Å². The summed E-state index contributed by atoms with van der Waals surface area (Å²) in [5.41, 5.74) is 2.19. The highest BCUT2D eigenvalue weighted by Crippen LogP contribution is 2.23. The van der Waals surface area contributed by atoms with Crippen LogP contribution in [0.1, 0.15) is 25.0 Å². The first-order chi connectivity index (χ1) is 14.7. The summed E-state index contributed by atoms with van der Waals surface area (Å²) in [6, 6.07) is 13.9. The van der Waals surface area contributed by atoms with E-state index in [0.29, 0.717) is 17.0 Å². The number of aryl methyl sites for hydroxylation is 1. The van der Waals surface area contributed by atoms with Gasteiger partial charge in [0.05, 0.1) is 11.8 Å². The number of anilines is 1. The zero-order chi connectivity index (χ0) is 22.5. The number of rotatable bonds is 6. The summed E-state index contributed by atoms with van der Waals surface area (Å²) >= 11 is 5.20. The molecule has 1 heterocycles. The molecule has 160 valence electrons. The third kappa shape index (κ3) is 5.55. The van der Waals surface area contributed by atoms with Crippen LogP contribution in [0.2, 0.25) is 0 Å². The minimum atomic E-state index is -0.560. The standard InChI is InChI=1S/C23H22N2O5S/c1-14(2)30-20(26)13-29-18-10-6-16(7-11-18)12-19-21(27)24-23(31)25(22(19)28)17-8-4-15(3)5-9-17/h4-12,14H,13H2,1-3H3,(H,24,27,31)/b19-12+. The summed E-state index contributed by atoms with van der Waals surface area (Å²) in [6.45, 7) is 5.25. The number of amides is 2. The van der Waals surface area contributed by atoms with E-state index in [2.05, 4.69) is 5.32 Å². The molecule has 0 radical (unpaired) electrons. The van der Waals surface area contributed by atoms with Crippen molar-refractivity contribution in [2.75, 3.05) is 11.5 Å². The molecule has 1 aliphatic heterocycles. The fourth-order valence-corrected chi connectivity index (χ4v) is 3.13. The quantitative estimate of drug-likeness (QED) is 0.323. The Kier molecular flexibility index (Phi) is 6.81. The van der Waals surface area contributed by atoms with Crippen molar-refractivity contribution in [2.45, 2.75) is 26.9 Å². The highest BCUT2D eigenvalue weighted by atomic mass is 32.1. The molecule has 0 unspecified atom stereocenters. The van der Waals surface area contributed by atoms with Crippen molar-refractivity contribution in [1.82, 2.24) is 5.32 Å². The Bertz CT molecular complexity index is 1040. The zero-order valence-electron chi connectivity index (χ0n) is 17.4. The fourth-order valence-electron chi connectivity index (χ4n) is 2.85. The van der Waals surface area contributed by atoms with Gasteiger partial charge in [0.1, 0.15) is 11.3 Å². The molecular formula is C23H22N2O5S. The molecule has 1 fully saturated rings. The van der Waals surface area contributed by atoms with Gasteiger partial charge in [0, 0.05) is 0 Å². The predicted octanol–water partition coefficient (Wildman–Crippen LogP) is 3.16. The second-order valence-electron chi connectivity index (χ2n) is 7.19. The molecule has 0 spiro atoms. The number of thiocarbonyl (C=S) groups is 1. The summed E-state index contributed by atoms with van der Waals surface area (Å²) < 4.78 is 10.4. The van der Waals surface area contributed by atoms with Gasteiger partial charge in [0.2, 0.25) is 0 Å². The number of carbonyl (C=O) groups excluding carboxylic acids is 3. The zero-order valence-corrected chi connectivity index (χ0v) is 18.2. The van der Waals surface area contributed by atoms with Gasteiger partial charge in [-0.3, -0.25) is 19.8 Å². The van der Waals surface area contributed by atoms with Crippen LogP contribution in [-0.4, -0.2) is 35.6 Å². The lowest BCUT2D eigenvalue weighted by atomic mass is 10.1. The predicted molar refractivity (Wildman–Crippen MR) is 121 cm³/mol. The first kappa shape index (κ1) is 22.2. The van der Waals surface area contributed by atoms with E-state index in [1.807, 2.05) is 19.1 Å². The molecule has 0 aromatic heterocycles. The van der Waals surface area contributed by atoms with Crippen molar-refractivity contribution in [1.29, 1.82) is 0 Å². The number of nitrogens with one attached hydrogen (secondary N) is 1. The van der Waals surface area contributed by atoms with Crippen LogP contribution >= 0.6 is 12.2 Å². The van der Waals surface area contributed by atoms with Crippen molar-refractivity contribution in [3.05, 3.63) is 65.2 Å². The average Bonchev–Trinajstić information content (AvgIpc) is 2.71. The van der Waals surface area contributed by atoms with Gasteiger partial charge in [-0.2, -0.15) is 0 Å². The van der Waals surface area contributed by atoms with Crippen LogP contribution in [0.15, 0.2) is 54.1 Å². The molecule has 2 aromatic rings. The molecule has 1 saturated heterocycles. The molecule has 2 aromatic carbocycles. The first-order valence-corrected chi connectivity index (χ1v) is 10.1. The molecule has 0 bridgehead atoms. The van der Waals surface area contributed by atoms with E-state index in [0.717, 1.165) is 5.56 Å². The van der Waals surface area contributed by atoms with Gasteiger partial charge in [0.15, 0.2) is 11.7 Å². The Morgan fingerprint density at radius 3 is 2.35 bits per heavy atom. The minimum absolute atomic E-state index is 0.0352. The largest absolute Gasteiger partial charge is 0.482 e. The van der Waals surface area contributed by atoms with Gasteiger partial charge in [-0.1, -0.05) is 29.8 Å². The highest BCUT2D eigenvalue weighted by Gasteiger charge is 2.34. The average molecular weight is 439 g/mol. The Labute approximate surface area is 185 Å². The summed E-state index contributed by atoms with van der Waals surface area (Å²) in [5.74, 6) is -1.06. The number of benzene rings is 2. The Morgan fingerprint density at radius 1 is 1.10 bits per heavy atom. The van der Waals surface area contributed by atoms with E-state index < -0.39 is 17.8 Å². The second-order valence-corrected chi connectivity index (χ2v) is 7.58.